The van der Waals surface area contributed by atoms with Crippen molar-refractivity contribution in [2.45, 2.75) is 39.2 Å². The monoisotopic (exact) mass is 291 g/mol. The summed E-state index contributed by atoms with van der Waals surface area (Å²) in [5.74, 6) is 1.20. The molecule has 4 nitrogen and oxygen atoms in total. The first-order valence-electron chi connectivity index (χ1n) is 7.62. The zero-order valence-corrected chi connectivity index (χ0v) is 13.1. The third-order valence-corrected chi connectivity index (χ3v) is 3.79. The summed E-state index contributed by atoms with van der Waals surface area (Å²) in [6.45, 7) is 7.86. The van der Waals surface area contributed by atoms with Crippen LogP contribution in [0.2, 0.25) is 0 Å². The normalized spacial score (nSPS) is 17.9. The molecule has 0 spiro atoms. The van der Waals surface area contributed by atoms with Gasteiger partial charge in [0.05, 0.1) is 12.2 Å². The summed E-state index contributed by atoms with van der Waals surface area (Å²) in [4.78, 5) is 14.3. The number of benzene rings is 1. The van der Waals surface area contributed by atoms with E-state index < -0.39 is 5.60 Å². The first-order valence-corrected chi connectivity index (χ1v) is 7.62. The third-order valence-electron chi connectivity index (χ3n) is 3.79. The van der Waals surface area contributed by atoms with E-state index in [1.54, 1.807) is 11.0 Å². The second-order valence-corrected chi connectivity index (χ2v) is 6.52. The summed E-state index contributed by atoms with van der Waals surface area (Å²) in [5, 5.41) is 9.95. The van der Waals surface area contributed by atoms with Crippen molar-refractivity contribution in [3.8, 4) is 5.75 Å². The van der Waals surface area contributed by atoms with E-state index in [4.69, 9.17) is 4.74 Å². The molecule has 1 aromatic rings. The number of rotatable bonds is 4. The largest absolute Gasteiger partial charge is 0.493 e. The van der Waals surface area contributed by atoms with Crippen molar-refractivity contribution in [1.82, 2.24) is 4.90 Å². The zero-order valence-electron chi connectivity index (χ0n) is 13.1. The second kappa shape index (κ2) is 6.48. The van der Waals surface area contributed by atoms with Gasteiger partial charge in [0.1, 0.15) is 5.75 Å². The minimum absolute atomic E-state index is 0.0143. The van der Waals surface area contributed by atoms with Gasteiger partial charge in [0.15, 0.2) is 0 Å². The number of hydrogen-bond donors (Lipinski definition) is 1. The predicted molar refractivity (Wildman–Crippen MR) is 82.5 cm³/mol. The first kappa shape index (κ1) is 15.8. The number of amides is 1. The molecule has 2 rings (SSSR count). The molecule has 1 aromatic carbocycles. The van der Waals surface area contributed by atoms with Gasteiger partial charge < -0.3 is 14.7 Å². The van der Waals surface area contributed by atoms with Gasteiger partial charge >= 0.3 is 0 Å². The molecule has 0 unspecified atom stereocenters. The molecule has 0 atom stereocenters. The molecule has 116 valence electrons. The summed E-state index contributed by atoms with van der Waals surface area (Å²) < 4.78 is 5.67. The maximum atomic E-state index is 12.5. The number of ether oxygens (including phenoxy) is 1. The number of likely N-dealkylation sites (tertiary alicyclic amines) is 1. The fraction of sp³-hybridized carbons (Fsp3) is 0.588. The van der Waals surface area contributed by atoms with E-state index in [9.17, 15) is 9.90 Å². The van der Waals surface area contributed by atoms with Gasteiger partial charge in [-0.2, -0.15) is 0 Å². The van der Waals surface area contributed by atoms with Crippen molar-refractivity contribution >= 4 is 5.91 Å². The molecule has 1 saturated heterocycles. The van der Waals surface area contributed by atoms with Crippen LogP contribution in [-0.4, -0.2) is 41.2 Å². The van der Waals surface area contributed by atoms with Crippen molar-refractivity contribution in [3.63, 3.8) is 0 Å². The number of aliphatic hydroxyl groups is 1. The lowest BCUT2D eigenvalue weighted by Gasteiger charge is -2.35. The molecule has 4 heteroatoms. The molecule has 1 aliphatic rings. The van der Waals surface area contributed by atoms with Gasteiger partial charge in [0, 0.05) is 18.7 Å². The molecular formula is C17H25NO3. The van der Waals surface area contributed by atoms with E-state index >= 15 is 0 Å². The van der Waals surface area contributed by atoms with Gasteiger partial charge in [-0.15, -0.1) is 0 Å². The molecule has 1 heterocycles. The Hall–Kier alpha value is -1.55. The first-order chi connectivity index (χ1) is 9.87. The van der Waals surface area contributed by atoms with Gasteiger partial charge in [-0.05, 0) is 43.9 Å². The molecule has 0 aliphatic carbocycles. The summed E-state index contributed by atoms with van der Waals surface area (Å²) >= 11 is 0. The van der Waals surface area contributed by atoms with Crippen LogP contribution in [0.25, 0.3) is 0 Å². The Balaban J connectivity index is 2.01. The fourth-order valence-corrected chi connectivity index (χ4v) is 2.36. The van der Waals surface area contributed by atoms with E-state index in [1.165, 1.54) is 0 Å². The van der Waals surface area contributed by atoms with Crippen molar-refractivity contribution < 1.29 is 14.6 Å². The Kier molecular flexibility index (Phi) is 4.88. The van der Waals surface area contributed by atoms with Crippen LogP contribution in [0.3, 0.4) is 0 Å². The highest BCUT2D eigenvalue weighted by Crippen LogP contribution is 2.23. The third kappa shape index (κ3) is 4.46. The van der Waals surface area contributed by atoms with Crippen LogP contribution in [0.15, 0.2) is 24.3 Å². The van der Waals surface area contributed by atoms with Crippen LogP contribution in [-0.2, 0) is 0 Å². The quantitative estimate of drug-likeness (QED) is 0.928. The van der Waals surface area contributed by atoms with Crippen LogP contribution < -0.4 is 4.74 Å². The Labute approximate surface area is 126 Å². The number of carbonyl (C=O) groups excluding carboxylic acids is 1. The maximum Gasteiger partial charge on any atom is 0.253 e. The Bertz CT molecular complexity index is 487. The molecule has 21 heavy (non-hydrogen) atoms. The highest BCUT2D eigenvalue weighted by Gasteiger charge is 2.29. The molecule has 1 aliphatic heterocycles. The number of piperidine rings is 1. The second-order valence-electron chi connectivity index (χ2n) is 6.52. The average molecular weight is 291 g/mol. The summed E-state index contributed by atoms with van der Waals surface area (Å²) in [7, 11) is 0. The molecule has 1 fully saturated rings. The van der Waals surface area contributed by atoms with Gasteiger partial charge in [-0.1, -0.05) is 19.9 Å². The number of hydrogen-bond acceptors (Lipinski definition) is 3. The molecule has 1 amide bonds. The van der Waals surface area contributed by atoms with Gasteiger partial charge in [-0.3, -0.25) is 4.79 Å². The van der Waals surface area contributed by atoms with Crippen molar-refractivity contribution in [2.75, 3.05) is 19.7 Å². The molecule has 1 N–H and O–H groups in total. The van der Waals surface area contributed by atoms with Gasteiger partial charge in [-0.25, -0.2) is 0 Å². The Morgan fingerprint density at radius 3 is 2.67 bits per heavy atom. The predicted octanol–water partition coefficient (Wildman–Crippen LogP) is 2.71. The topological polar surface area (TPSA) is 49.8 Å². The summed E-state index contributed by atoms with van der Waals surface area (Å²) in [6, 6.07) is 7.35. The van der Waals surface area contributed by atoms with Crippen LogP contribution in [0.4, 0.5) is 0 Å². The zero-order chi connectivity index (χ0) is 15.5. The lowest BCUT2D eigenvalue weighted by atomic mass is 9.93. The molecular weight excluding hydrogens is 266 g/mol. The van der Waals surface area contributed by atoms with E-state index in [0.717, 1.165) is 5.75 Å². The standard InChI is InChI=1S/C17H25NO3/c1-13(2)12-21-15-6-4-5-14(11-15)16(19)18-9-7-17(3,20)8-10-18/h4-6,11,13,20H,7-10,12H2,1-3H3. The number of nitrogens with zero attached hydrogens (tertiary/aromatic N) is 1. The van der Waals surface area contributed by atoms with Crippen molar-refractivity contribution in [3.05, 3.63) is 29.8 Å². The van der Waals surface area contributed by atoms with Crippen LogP contribution in [0.1, 0.15) is 44.0 Å². The van der Waals surface area contributed by atoms with Crippen LogP contribution in [0, 0.1) is 5.92 Å². The van der Waals surface area contributed by atoms with Crippen molar-refractivity contribution in [1.29, 1.82) is 0 Å². The molecule has 0 saturated carbocycles. The van der Waals surface area contributed by atoms with Gasteiger partial charge in [0.25, 0.3) is 5.91 Å². The van der Waals surface area contributed by atoms with E-state index in [1.807, 2.05) is 25.1 Å². The fourth-order valence-electron chi connectivity index (χ4n) is 2.36. The molecule has 0 bridgehead atoms. The van der Waals surface area contributed by atoms with Crippen LogP contribution in [0.5, 0.6) is 5.75 Å². The summed E-state index contributed by atoms with van der Waals surface area (Å²) in [5.41, 5.74) is 0.0109. The van der Waals surface area contributed by atoms with E-state index in [0.29, 0.717) is 44.0 Å². The minimum Gasteiger partial charge on any atom is -0.493 e. The highest BCUT2D eigenvalue weighted by molar-refractivity contribution is 5.94. The molecule has 0 aromatic heterocycles. The van der Waals surface area contributed by atoms with E-state index in [-0.39, 0.29) is 5.91 Å². The van der Waals surface area contributed by atoms with E-state index in [2.05, 4.69) is 13.8 Å². The highest BCUT2D eigenvalue weighted by atomic mass is 16.5. The Morgan fingerprint density at radius 1 is 1.38 bits per heavy atom. The average Bonchev–Trinajstić information content (AvgIpc) is 2.45. The SMILES string of the molecule is CC(C)COc1cccc(C(=O)N2CCC(C)(O)CC2)c1. The van der Waals surface area contributed by atoms with Crippen LogP contribution >= 0.6 is 0 Å². The van der Waals surface area contributed by atoms with Gasteiger partial charge in [0.2, 0.25) is 0 Å². The minimum atomic E-state index is -0.640. The lowest BCUT2D eigenvalue weighted by Crippen LogP contribution is -2.45. The van der Waals surface area contributed by atoms with Crippen molar-refractivity contribution in [2.24, 2.45) is 5.92 Å². The maximum absolute atomic E-state index is 12.5. The molecule has 0 radical (unpaired) electrons. The lowest BCUT2D eigenvalue weighted by molar-refractivity contribution is -0.00203. The summed E-state index contributed by atoms with van der Waals surface area (Å²) in [6.07, 6.45) is 1.25. The Morgan fingerprint density at radius 2 is 2.05 bits per heavy atom. The number of carbonyl (C=O) groups is 1. The smallest absolute Gasteiger partial charge is 0.253 e.